The standard InChI is InChI=1S/C41H30O27/c42-15-1-10(2-16(43)26(15)50)34(54)62-9-22-30-32(65-35(55)11-3-17(44)27(51)18(45)4-11)33(39(63-22)67-36(56)12-5-19(46)28(52)20(47)6-12)66-37(57)13-7-21(48)29(53)31-24(13)25-14(38(58)64-30)8-23(49)41(61,68-31)40(25,59)60/h1-8,22,25,30,32-33,39,42-48,50-53,59-61H,9H2/t22-,25-,30-,32+,33-,39+,41-/m1/s1. The lowest BCUT2D eigenvalue weighted by atomic mass is 9.70. The van der Waals surface area contributed by atoms with Crippen molar-refractivity contribution >= 4 is 35.6 Å². The highest BCUT2D eigenvalue weighted by Crippen LogP contribution is 2.58. The molecule has 0 unspecified atom stereocenters. The molecular formula is C41H30O27. The zero-order chi connectivity index (χ0) is 49.6. The van der Waals surface area contributed by atoms with Crippen LogP contribution >= 0.6 is 0 Å². The van der Waals surface area contributed by atoms with Gasteiger partial charge in [-0.2, -0.15) is 0 Å². The van der Waals surface area contributed by atoms with Crippen LogP contribution in [0.25, 0.3) is 0 Å². The van der Waals surface area contributed by atoms with Gasteiger partial charge in [-0.3, -0.25) is 4.79 Å². The number of carbonyl (C=O) groups excluding carboxylic acids is 6. The fourth-order valence-corrected chi connectivity index (χ4v) is 7.59. The van der Waals surface area contributed by atoms with Gasteiger partial charge in [-0.25, -0.2) is 24.0 Å². The maximum atomic E-state index is 14.5. The van der Waals surface area contributed by atoms with Crippen molar-refractivity contribution in [2.24, 2.45) is 0 Å². The maximum Gasteiger partial charge on any atom is 0.340 e. The summed E-state index contributed by atoms with van der Waals surface area (Å²) in [6.07, 6.45) is -12.1. The molecule has 14 N–H and O–H groups in total. The molecule has 0 spiro atoms. The largest absolute Gasteiger partial charge is 0.504 e. The van der Waals surface area contributed by atoms with E-state index in [1.807, 2.05) is 0 Å². The van der Waals surface area contributed by atoms with E-state index in [9.17, 15) is 100 Å². The Balaban J connectivity index is 1.32. The van der Waals surface area contributed by atoms with Crippen LogP contribution < -0.4 is 4.74 Å². The molecule has 1 fully saturated rings. The molecule has 8 rings (SSSR count). The third kappa shape index (κ3) is 7.18. The number of aliphatic hydroxyl groups is 3. The lowest BCUT2D eigenvalue weighted by Crippen LogP contribution is -2.70. The molecule has 4 bridgehead atoms. The Bertz CT molecular complexity index is 2870. The summed E-state index contributed by atoms with van der Waals surface area (Å²) in [5, 5.41) is 146. The van der Waals surface area contributed by atoms with Gasteiger partial charge in [0, 0.05) is 5.56 Å². The van der Waals surface area contributed by atoms with E-state index in [0.717, 1.165) is 0 Å². The average molecular weight is 955 g/mol. The van der Waals surface area contributed by atoms with Crippen molar-refractivity contribution in [3.8, 4) is 69.0 Å². The number of hydrogen-bond acceptors (Lipinski definition) is 27. The number of ether oxygens (including phenoxy) is 7. The lowest BCUT2D eigenvalue weighted by Gasteiger charge is -2.49. The SMILES string of the molecule is O=C1O[C@H]2[C@H](OC(=O)c3cc(O)c(O)c(O)c3)[C@@H](OC(=O)c3cc(O)c(O)c4c3[C@H]3C1=CC(=O)[C@@](O)(O4)C3(O)O)[C@H](OC(=O)c1cc(O)c(O)c(O)c1)O[C@@H]2COC(=O)c1cc(O)c(O)c(O)c1. The Labute approximate surface area is 374 Å². The second-order valence-electron chi connectivity index (χ2n) is 15.1. The minimum absolute atomic E-state index is 0.258. The number of phenolic OH excluding ortho intramolecular Hbond substituents is 11. The van der Waals surface area contributed by atoms with Crippen LogP contribution in [0.4, 0.5) is 0 Å². The van der Waals surface area contributed by atoms with E-state index in [4.69, 9.17) is 33.2 Å². The smallest absolute Gasteiger partial charge is 0.340 e. The van der Waals surface area contributed by atoms with Crippen LogP contribution in [0.15, 0.2) is 54.1 Å². The highest BCUT2D eigenvalue weighted by Gasteiger charge is 2.70. The van der Waals surface area contributed by atoms with Crippen LogP contribution in [0.1, 0.15) is 52.9 Å². The summed E-state index contributed by atoms with van der Waals surface area (Å²) in [6, 6.07) is 3.80. The van der Waals surface area contributed by atoms with E-state index in [2.05, 4.69) is 0 Å². The number of ketones is 1. The Morgan fingerprint density at radius 1 is 0.574 bits per heavy atom. The summed E-state index contributed by atoms with van der Waals surface area (Å²) < 4.78 is 38.6. The van der Waals surface area contributed by atoms with Crippen LogP contribution in [-0.4, -0.2) is 156 Å². The summed E-state index contributed by atoms with van der Waals surface area (Å²) in [7, 11) is 0. The van der Waals surface area contributed by atoms with Crippen LogP contribution in [0.5, 0.6) is 69.0 Å². The predicted molar refractivity (Wildman–Crippen MR) is 205 cm³/mol. The summed E-state index contributed by atoms with van der Waals surface area (Å²) in [4.78, 5) is 83.4. The number of benzene rings is 4. The highest BCUT2D eigenvalue weighted by atomic mass is 16.8. The number of carbonyl (C=O) groups is 6. The molecule has 4 aromatic rings. The minimum atomic E-state index is -3.98. The van der Waals surface area contributed by atoms with E-state index in [1.54, 1.807) is 0 Å². The van der Waals surface area contributed by atoms with E-state index in [0.29, 0.717) is 42.5 Å². The van der Waals surface area contributed by atoms with Gasteiger partial charge in [-0.1, -0.05) is 0 Å². The Kier molecular flexibility index (Phi) is 10.7. The number of hydrogen-bond donors (Lipinski definition) is 14. The van der Waals surface area contributed by atoms with Gasteiger partial charge in [0.15, 0.2) is 75.5 Å². The van der Waals surface area contributed by atoms with Crippen molar-refractivity contribution < 1.29 is 133 Å². The van der Waals surface area contributed by atoms with Gasteiger partial charge >= 0.3 is 35.6 Å². The van der Waals surface area contributed by atoms with Gasteiger partial charge in [0.2, 0.25) is 23.9 Å². The second kappa shape index (κ2) is 15.9. The number of fused-ring (bicyclic) bond motifs is 3. The first-order valence-electron chi connectivity index (χ1n) is 19.0. The zero-order valence-corrected chi connectivity index (χ0v) is 33.4. The first-order valence-corrected chi connectivity index (χ1v) is 19.0. The fourth-order valence-electron chi connectivity index (χ4n) is 7.59. The van der Waals surface area contributed by atoms with E-state index in [1.165, 1.54) is 0 Å². The predicted octanol–water partition coefficient (Wildman–Crippen LogP) is -1.08. The molecule has 4 aromatic carbocycles. The molecule has 0 amide bonds. The summed E-state index contributed by atoms with van der Waals surface area (Å²) >= 11 is 0. The molecule has 3 aliphatic heterocycles. The molecule has 27 heteroatoms. The third-order valence-electron chi connectivity index (χ3n) is 10.9. The van der Waals surface area contributed by atoms with Gasteiger partial charge in [-0.15, -0.1) is 0 Å². The van der Waals surface area contributed by atoms with E-state index >= 15 is 0 Å². The van der Waals surface area contributed by atoms with Gasteiger partial charge in [0.05, 0.1) is 33.7 Å². The topological polar surface area (TPSA) is 450 Å². The normalized spacial score (nSPS) is 24.5. The van der Waals surface area contributed by atoms with Crippen molar-refractivity contribution in [2.45, 2.75) is 48.2 Å². The molecule has 0 radical (unpaired) electrons. The molecule has 7 atom stereocenters. The van der Waals surface area contributed by atoms with Gasteiger partial charge in [-0.05, 0) is 48.5 Å². The number of rotatable bonds is 7. The van der Waals surface area contributed by atoms with Gasteiger partial charge in [0.1, 0.15) is 12.7 Å². The number of phenols is 11. The summed E-state index contributed by atoms with van der Waals surface area (Å²) in [5.74, 6) is -34.3. The zero-order valence-electron chi connectivity index (χ0n) is 33.4. The van der Waals surface area contributed by atoms with Crippen LogP contribution in [-0.2, 0) is 38.0 Å². The maximum absolute atomic E-state index is 14.5. The monoisotopic (exact) mass is 954 g/mol. The Hall–Kier alpha value is -8.92. The molecular weight excluding hydrogens is 924 g/mol. The first-order chi connectivity index (χ1) is 31.8. The number of aromatic hydroxyl groups is 11. The van der Waals surface area contributed by atoms with Crippen LogP contribution in [0, 0.1) is 0 Å². The Morgan fingerprint density at radius 2 is 1.03 bits per heavy atom. The quantitative estimate of drug-likeness (QED) is 0.0453. The van der Waals surface area contributed by atoms with Crippen LogP contribution in [0.3, 0.4) is 0 Å². The third-order valence-corrected chi connectivity index (χ3v) is 10.9. The molecule has 3 heterocycles. The molecule has 1 aliphatic carbocycles. The molecule has 68 heavy (non-hydrogen) atoms. The molecule has 0 aromatic heterocycles. The van der Waals surface area contributed by atoms with Crippen molar-refractivity contribution in [3.63, 3.8) is 0 Å². The molecule has 4 aliphatic rings. The minimum Gasteiger partial charge on any atom is -0.504 e. The molecule has 27 nitrogen and oxygen atoms in total. The van der Waals surface area contributed by atoms with Crippen molar-refractivity contribution in [1.29, 1.82) is 0 Å². The van der Waals surface area contributed by atoms with Crippen molar-refractivity contribution in [1.82, 2.24) is 0 Å². The Morgan fingerprint density at radius 3 is 1.54 bits per heavy atom. The summed E-state index contributed by atoms with van der Waals surface area (Å²) in [6.45, 7) is -1.28. The fraction of sp³-hybridized carbons (Fsp3) is 0.220. The van der Waals surface area contributed by atoms with Gasteiger partial charge < -0.3 is 105 Å². The van der Waals surface area contributed by atoms with Gasteiger partial charge in [0.25, 0.3) is 5.79 Å². The highest BCUT2D eigenvalue weighted by molar-refractivity contribution is 6.08. The van der Waals surface area contributed by atoms with Crippen LogP contribution in [0.2, 0.25) is 0 Å². The first kappa shape index (κ1) is 45.6. The molecule has 0 saturated carbocycles. The molecule has 356 valence electrons. The number of esters is 5. The van der Waals surface area contributed by atoms with E-state index < -0.39 is 193 Å². The summed E-state index contributed by atoms with van der Waals surface area (Å²) in [5.41, 5.74) is -5.56. The lowest BCUT2D eigenvalue weighted by molar-refractivity contribution is -0.339. The average Bonchev–Trinajstić information content (AvgIpc) is 3.28. The molecule has 1 saturated heterocycles. The van der Waals surface area contributed by atoms with Crippen molar-refractivity contribution in [2.75, 3.05) is 6.61 Å². The van der Waals surface area contributed by atoms with Crippen molar-refractivity contribution in [3.05, 3.63) is 81.9 Å². The van der Waals surface area contributed by atoms with E-state index in [-0.39, 0.29) is 6.08 Å². The second-order valence-corrected chi connectivity index (χ2v) is 15.1.